The van der Waals surface area contributed by atoms with Crippen LogP contribution >= 0.6 is 0 Å². The van der Waals surface area contributed by atoms with Crippen molar-refractivity contribution in [3.63, 3.8) is 0 Å². The zero-order valence-corrected chi connectivity index (χ0v) is 10.7. The predicted octanol–water partition coefficient (Wildman–Crippen LogP) is 2.56. The summed E-state index contributed by atoms with van der Waals surface area (Å²) < 4.78 is 7.51. The van der Waals surface area contributed by atoms with Gasteiger partial charge < -0.3 is 10.1 Å². The summed E-state index contributed by atoms with van der Waals surface area (Å²) in [6.07, 6.45) is 6.12. The third-order valence-corrected chi connectivity index (χ3v) is 3.78. The lowest BCUT2D eigenvalue weighted by molar-refractivity contribution is 0.0622. The summed E-state index contributed by atoms with van der Waals surface area (Å²) >= 11 is 0. The molecule has 0 saturated carbocycles. The largest absolute Gasteiger partial charge is 0.381 e. The molecule has 4 heteroatoms. The normalized spacial score (nSPS) is 18.9. The van der Waals surface area contributed by atoms with Gasteiger partial charge in [0, 0.05) is 31.6 Å². The van der Waals surface area contributed by atoms with Gasteiger partial charge in [-0.3, -0.25) is 4.40 Å². The number of aromatic nitrogens is 2. The van der Waals surface area contributed by atoms with Crippen molar-refractivity contribution in [2.24, 2.45) is 5.92 Å². The van der Waals surface area contributed by atoms with E-state index in [1.165, 1.54) is 0 Å². The van der Waals surface area contributed by atoms with Crippen LogP contribution in [0.3, 0.4) is 0 Å². The van der Waals surface area contributed by atoms with Crippen LogP contribution in [0.1, 0.15) is 19.8 Å². The van der Waals surface area contributed by atoms with E-state index < -0.39 is 0 Å². The zero-order chi connectivity index (χ0) is 12.4. The minimum absolute atomic E-state index is 0.460. The summed E-state index contributed by atoms with van der Waals surface area (Å²) in [6, 6.07) is 6.62. The number of nitrogens with zero attached hydrogens (tertiary/aromatic N) is 2. The number of ether oxygens (including phenoxy) is 1. The smallest absolute Gasteiger partial charge is 0.138 e. The molecule has 4 nitrogen and oxygen atoms in total. The minimum atomic E-state index is 0.460. The Morgan fingerprint density at radius 1 is 1.39 bits per heavy atom. The first kappa shape index (κ1) is 11.5. The van der Waals surface area contributed by atoms with Gasteiger partial charge in [-0.05, 0) is 37.8 Å². The molecule has 1 atom stereocenters. The number of rotatable bonds is 3. The van der Waals surface area contributed by atoms with Crippen LogP contribution < -0.4 is 5.32 Å². The molecule has 0 aliphatic carbocycles. The molecule has 0 bridgehead atoms. The monoisotopic (exact) mass is 245 g/mol. The third-order valence-electron chi connectivity index (χ3n) is 3.78. The molecule has 2 aromatic heterocycles. The Morgan fingerprint density at radius 3 is 3.06 bits per heavy atom. The van der Waals surface area contributed by atoms with E-state index in [0.29, 0.717) is 12.0 Å². The van der Waals surface area contributed by atoms with Crippen LogP contribution in [0.2, 0.25) is 0 Å². The first-order valence-corrected chi connectivity index (χ1v) is 6.61. The summed E-state index contributed by atoms with van der Waals surface area (Å²) in [5, 5.41) is 3.61. The topological polar surface area (TPSA) is 38.6 Å². The highest BCUT2D eigenvalue weighted by Gasteiger charge is 2.20. The molecule has 1 saturated heterocycles. The van der Waals surface area contributed by atoms with Crippen LogP contribution in [-0.2, 0) is 4.74 Å². The number of pyridine rings is 1. The van der Waals surface area contributed by atoms with Gasteiger partial charge in [0.15, 0.2) is 0 Å². The van der Waals surface area contributed by atoms with Gasteiger partial charge in [0.05, 0.1) is 0 Å². The average Bonchev–Trinajstić information content (AvgIpc) is 2.89. The van der Waals surface area contributed by atoms with Crippen molar-refractivity contribution in [2.75, 3.05) is 18.5 Å². The molecule has 1 unspecified atom stereocenters. The van der Waals surface area contributed by atoms with Gasteiger partial charge in [0.1, 0.15) is 11.5 Å². The summed E-state index contributed by atoms with van der Waals surface area (Å²) in [5.41, 5.74) is 0.985. The van der Waals surface area contributed by atoms with Gasteiger partial charge in [0.2, 0.25) is 0 Å². The highest BCUT2D eigenvalue weighted by atomic mass is 16.5. The van der Waals surface area contributed by atoms with E-state index in [1.54, 1.807) is 0 Å². The predicted molar refractivity (Wildman–Crippen MR) is 71.8 cm³/mol. The van der Waals surface area contributed by atoms with E-state index in [2.05, 4.69) is 27.7 Å². The second-order valence-corrected chi connectivity index (χ2v) is 4.95. The Bertz CT molecular complexity index is 516. The van der Waals surface area contributed by atoms with Crippen molar-refractivity contribution in [1.29, 1.82) is 0 Å². The van der Waals surface area contributed by atoms with Crippen molar-refractivity contribution in [1.82, 2.24) is 9.38 Å². The number of imidazole rings is 1. The molecule has 0 aromatic carbocycles. The van der Waals surface area contributed by atoms with Crippen LogP contribution in [-0.4, -0.2) is 28.6 Å². The molecule has 1 aliphatic heterocycles. The van der Waals surface area contributed by atoms with Crippen molar-refractivity contribution in [3.05, 3.63) is 30.6 Å². The van der Waals surface area contributed by atoms with Crippen LogP contribution in [0, 0.1) is 5.92 Å². The second kappa shape index (κ2) is 4.98. The zero-order valence-electron chi connectivity index (χ0n) is 10.7. The molecule has 0 amide bonds. The van der Waals surface area contributed by atoms with E-state index >= 15 is 0 Å². The molecule has 0 spiro atoms. The Kier molecular flexibility index (Phi) is 3.19. The fraction of sp³-hybridized carbons (Fsp3) is 0.500. The van der Waals surface area contributed by atoms with E-state index in [-0.39, 0.29) is 0 Å². The summed E-state index contributed by atoms with van der Waals surface area (Å²) in [5.74, 6) is 1.81. The number of fused-ring (bicyclic) bond motifs is 1. The molecule has 2 aromatic rings. The Labute approximate surface area is 107 Å². The lowest BCUT2D eigenvalue weighted by Gasteiger charge is -2.29. The Morgan fingerprint density at radius 2 is 2.22 bits per heavy atom. The van der Waals surface area contributed by atoms with Crippen molar-refractivity contribution >= 4 is 11.5 Å². The van der Waals surface area contributed by atoms with Crippen LogP contribution in [0.25, 0.3) is 5.65 Å². The van der Waals surface area contributed by atoms with Crippen molar-refractivity contribution < 1.29 is 4.74 Å². The molecule has 1 N–H and O–H groups in total. The average molecular weight is 245 g/mol. The van der Waals surface area contributed by atoms with Crippen LogP contribution in [0.4, 0.5) is 5.82 Å². The van der Waals surface area contributed by atoms with Crippen LogP contribution in [0.15, 0.2) is 30.6 Å². The molecule has 1 aliphatic rings. The van der Waals surface area contributed by atoms with Gasteiger partial charge in [-0.2, -0.15) is 0 Å². The molecule has 0 radical (unpaired) electrons. The fourth-order valence-electron chi connectivity index (χ4n) is 2.63. The van der Waals surface area contributed by atoms with Crippen molar-refractivity contribution in [3.8, 4) is 0 Å². The first-order valence-electron chi connectivity index (χ1n) is 6.61. The maximum atomic E-state index is 5.41. The van der Waals surface area contributed by atoms with Gasteiger partial charge in [-0.1, -0.05) is 6.07 Å². The minimum Gasteiger partial charge on any atom is -0.381 e. The molecule has 96 valence electrons. The van der Waals surface area contributed by atoms with E-state index in [4.69, 9.17) is 4.74 Å². The quantitative estimate of drug-likeness (QED) is 0.903. The molecular weight excluding hydrogens is 226 g/mol. The fourth-order valence-corrected chi connectivity index (χ4v) is 2.63. The lowest BCUT2D eigenvalue weighted by Crippen LogP contribution is -2.31. The number of hydrogen-bond donors (Lipinski definition) is 1. The lowest BCUT2D eigenvalue weighted by atomic mass is 9.93. The van der Waals surface area contributed by atoms with Crippen molar-refractivity contribution in [2.45, 2.75) is 25.8 Å². The van der Waals surface area contributed by atoms with E-state index in [0.717, 1.165) is 37.5 Å². The van der Waals surface area contributed by atoms with Crippen LogP contribution in [0.5, 0.6) is 0 Å². The van der Waals surface area contributed by atoms with E-state index in [1.807, 2.05) is 24.5 Å². The second-order valence-electron chi connectivity index (χ2n) is 4.95. The Balaban J connectivity index is 1.77. The number of anilines is 1. The standard InChI is InChI=1S/C14H19N3O/c1-11(12-5-9-18-10-6-12)16-14-4-2-3-13-15-7-8-17(13)14/h2-4,7-8,11-12,16H,5-6,9-10H2,1H3. The third kappa shape index (κ3) is 2.20. The van der Waals surface area contributed by atoms with Gasteiger partial charge in [0.25, 0.3) is 0 Å². The highest BCUT2D eigenvalue weighted by Crippen LogP contribution is 2.22. The molecule has 18 heavy (non-hydrogen) atoms. The maximum absolute atomic E-state index is 5.41. The summed E-state index contributed by atoms with van der Waals surface area (Å²) in [7, 11) is 0. The van der Waals surface area contributed by atoms with Gasteiger partial charge in [-0.15, -0.1) is 0 Å². The Hall–Kier alpha value is -1.55. The van der Waals surface area contributed by atoms with E-state index in [9.17, 15) is 0 Å². The maximum Gasteiger partial charge on any atom is 0.138 e. The first-order chi connectivity index (χ1) is 8.84. The summed E-state index contributed by atoms with van der Waals surface area (Å²) in [4.78, 5) is 4.30. The molecular formula is C14H19N3O. The molecule has 1 fully saturated rings. The molecule has 3 heterocycles. The van der Waals surface area contributed by atoms with Gasteiger partial charge in [-0.25, -0.2) is 4.98 Å². The highest BCUT2D eigenvalue weighted by molar-refractivity contribution is 5.50. The number of nitrogens with one attached hydrogen (secondary N) is 1. The summed E-state index contributed by atoms with van der Waals surface area (Å²) in [6.45, 7) is 4.05. The SMILES string of the molecule is CC(Nc1cccc2nccn12)C1CCOCC1. The van der Waals surface area contributed by atoms with Gasteiger partial charge >= 0.3 is 0 Å². The molecule has 3 rings (SSSR count). The number of hydrogen-bond acceptors (Lipinski definition) is 3.